The zero-order valence-corrected chi connectivity index (χ0v) is 12.1. The van der Waals surface area contributed by atoms with Gasteiger partial charge in [-0.1, -0.05) is 13.8 Å². The van der Waals surface area contributed by atoms with Crippen LogP contribution in [-0.2, 0) is 11.3 Å². The Balaban J connectivity index is 2.53. The summed E-state index contributed by atoms with van der Waals surface area (Å²) in [4.78, 5) is 24.2. The molecule has 0 bridgehead atoms. The first-order chi connectivity index (χ1) is 9.38. The van der Waals surface area contributed by atoms with E-state index in [0.29, 0.717) is 13.1 Å². The van der Waals surface area contributed by atoms with Crippen LogP contribution in [0.5, 0.6) is 0 Å². The van der Waals surface area contributed by atoms with Crippen LogP contribution in [0.15, 0.2) is 18.5 Å². The molecule has 0 spiro atoms. The molecule has 1 unspecified atom stereocenters. The SMILES string of the molecule is CC(C)CN(CC(=O)O)C(=O)NC(C)Cn1cccn1. The van der Waals surface area contributed by atoms with Gasteiger partial charge in [0.05, 0.1) is 6.54 Å². The quantitative estimate of drug-likeness (QED) is 0.781. The van der Waals surface area contributed by atoms with E-state index in [4.69, 9.17) is 5.11 Å². The van der Waals surface area contributed by atoms with E-state index in [1.807, 2.05) is 33.0 Å². The number of aromatic nitrogens is 2. The molecule has 2 amide bonds. The van der Waals surface area contributed by atoms with E-state index in [1.54, 1.807) is 10.9 Å². The van der Waals surface area contributed by atoms with Crippen LogP contribution < -0.4 is 5.32 Å². The molecular weight excluding hydrogens is 260 g/mol. The zero-order chi connectivity index (χ0) is 15.1. The van der Waals surface area contributed by atoms with E-state index >= 15 is 0 Å². The molecule has 1 heterocycles. The minimum atomic E-state index is -1.01. The summed E-state index contributed by atoms with van der Waals surface area (Å²) in [6, 6.07) is 1.32. The van der Waals surface area contributed by atoms with Crippen LogP contribution in [0.3, 0.4) is 0 Å². The van der Waals surface area contributed by atoms with Crippen molar-refractivity contribution in [3.63, 3.8) is 0 Å². The fourth-order valence-corrected chi connectivity index (χ4v) is 1.86. The Morgan fingerprint density at radius 3 is 2.60 bits per heavy atom. The summed E-state index contributed by atoms with van der Waals surface area (Å²) in [5, 5.41) is 15.7. The number of hydrogen-bond acceptors (Lipinski definition) is 3. The highest BCUT2D eigenvalue weighted by molar-refractivity contribution is 5.80. The fourth-order valence-electron chi connectivity index (χ4n) is 1.86. The summed E-state index contributed by atoms with van der Waals surface area (Å²) in [5.74, 6) is -0.804. The number of nitrogens with one attached hydrogen (secondary N) is 1. The Morgan fingerprint density at radius 2 is 2.10 bits per heavy atom. The van der Waals surface area contributed by atoms with Crippen molar-refractivity contribution in [3.05, 3.63) is 18.5 Å². The maximum absolute atomic E-state index is 12.1. The Bertz CT molecular complexity index is 431. The van der Waals surface area contributed by atoms with Crippen LogP contribution in [0.2, 0.25) is 0 Å². The number of rotatable bonds is 7. The number of carboxylic acid groups (broad SMARTS) is 1. The largest absolute Gasteiger partial charge is 0.480 e. The van der Waals surface area contributed by atoms with Crippen molar-refractivity contribution in [2.24, 2.45) is 5.92 Å². The minimum absolute atomic E-state index is 0.133. The van der Waals surface area contributed by atoms with Gasteiger partial charge < -0.3 is 15.3 Å². The smallest absolute Gasteiger partial charge is 0.323 e. The van der Waals surface area contributed by atoms with Gasteiger partial charge in [0.1, 0.15) is 6.54 Å². The third-order valence-electron chi connectivity index (χ3n) is 2.59. The Kier molecular flexibility index (Phi) is 6.02. The average molecular weight is 282 g/mol. The third-order valence-corrected chi connectivity index (χ3v) is 2.59. The molecule has 0 aliphatic rings. The first kappa shape index (κ1) is 16.0. The Hall–Kier alpha value is -2.05. The van der Waals surface area contributed by atoms with Crippen molar-refractivity contribution >= 4 is 12.0 Å². The van der Waals surface area contributed by atoms with E-state index in [0.717, 1.165) is 0 Å². The zero-order valence-electron chi connectivity index (χ0n) is 12.1. The van der Waals surface area contributed by atoms with Gasteiger partial charge in [0.15, 0.2) is 0 Å². The number of hydrogen-bond donors (Lipinski definition) is 2. The van der Waals surface area contributed by atoms with Crippen LogP contribution in [0.4, 0.5) is 4.79 Å². The highest BCUT2D eigenvalue weighted by Crippen LogP contribution is 2.00. The van der Waals surface area contributed by atoms with Crippen molar-refractivity contribution < 1.29 is 14.7 Å². The predicted molar refractivity (Wildman–Crippen MR) is 74.3 cm³/mol. The van der Waals surface area contributed by atoms with Crippen LogP contribution in [0, 0.1) is 5.92 Å². The van der Waals surface area contributed by atoms with Crippen molar-refractivity contribution in [1.82, 2.24) is 20.0 Å². The molecule has 1 aromatic rings. The highest BCUT2D eigenvalue weighted by atomic mass is 16.4. The lowest BCUT2D eigenvalue weighted by molar-refractivity contribution is -0.137. The lowest BCUT2D eigenvalue weighted by Gasteiger charge is -2.25. The average Bonchev–Trinajstić information content (AvgIpc) is 2.79. The summed E-state index contributed by atoms with van der Waals surface area (Å²) in [5.41, 5.74) is 0. The van der Waals surface area contributed by atoms with Crippen molar-refractivity contribution in [2.75, 3.05) is 13.1 Å². The minimum Gasteiger partial charge on any atom is -0.480 e. The molecule has 0 saturated carbocycles. The van der Waals surface area contributed by atoms with Crippen LogP contribution >= 0.6 is 0 Å². The van der Waals surface area contributed by atoms with Gasteiger partial charge >= 0.3 is 12.0 Å². The van der Waals surface area contributed by atoms with E-state index < -0.39 is 5.97 Å². The second-order valence-corrected chi connectivity index (χ2v) is 5.25. The third kappa shape index (κ3) is 5.73. The summed E-state index contributed by atoms with van der Waals surface area (Å²) in [6.45, 7) is 6.39. The lowest BCUT2D eigenvalue weighted by atomic mass is 10.2. The first-order valence-electron chi connectivity index (χ1n) is 6.63. The number of amides is 2. The summed E-state index contributed by atoms with van der Waals surface area (Å²) < 4.78 is 1.72. The number of aliphatic carboxylic acids is 1. The van der Waals surface area contributed by atoms with Gasteiger partial charge in [-0.15, -0.1) is 0 Å². The summed E-state index contributed by atoms with van der Waals surface area (Å²) in [7, 11) is 0. The topological polar surface area (TPSA) is 87.5 Å². The first-order valence-corrected chi connectivity index (χ1v) is 6.63. The summed E-state index contributed by atoms with van der Waals surface area (Å²) >= 11 is 0. The van der Waals surface area contributed by atoms with Crippen molar-refractivity contribution in [2.45, 2.75) is 33.4 Å². The van der Waals surface area contributed by atoms with E-state index in [1.165, 1.54) is 4.90 Å². The van der Waals surface area contributed by atoms with Gasteiger partial charge in [0.25, 0.3) is 0 Å². The normalized spacial score (nSPS) is 12.2. The van der Waals surface area contributed by atoms with Crippen LogP contribution in [0.1, 0.15) is 20.8 Å². The lowest BCUT2D eigenvalue weighted by Crippen LogP contribution is -2.48. The van der Waals surface area contributed by atoms with Crippen molar-refractivity contribution in [1.29, 1.82) is 0 Å². The van der Waals surface area contributed by atoms with E-state index in [-0.39, 0.29) is 24.5 Å². The maximum Gasteiger partial charge on any atom is 0.323 e. The van der Waals surface area contributed by atoms with Gasteiger partial charge in [-0.05, 0) is 18.9 Å². The molecule has 0 aliphatic heterocycles. The maximum atomic E-state index is 12.1. The van der Waals surface area contributed by atoms with Gasteiger partial charge in [-0.3, -0.25) is 9.48 Å². The van der Waals surface area contributed by atoms with Crippen molar-refractivity contribution in [3.8, 4) is 0 Å². The summed E-state index contributed by atoms with van der Waals surface area (Å²) in [6.07, 6.45) is 3.48. The van der Waals surface area contributed by atoms with E-state index in [2.05, 4.69) is 10.4 Å². The molecule has 112 valence electrons. The van der Waals surface area contributed by atoms with Gasteiger partial charge in [-0.2, -0.15) is 5.10 Å². The molecule has 2 N–H and O–H groups in total. The van der Waals surface area contributed by atoms with Crippen LogP contribution in [-0.4, -0.2) is 50.9 Å². The highest BCUT2D eigenvalue weighted by Gasteiger charge is 2.19. The molecule has 20 heavy (non-hydrogen) atoms. The molecule has 1 atom stereocenters. The number of carboxylic acids is 1. The fraction of sp³-hybridized carbons (Fsp3) is 0.615. The number of carbonyl (C=O) groups excluding carboxylic acids is 1. The molecular formula is C13H22N4O3. The molecule has 0 saturated heterocycles. The molecule has 0 aliphatic carbocycles. The molecule has 7 nitrogen and oxygen atoms in total. The van der Waals surface area contributed by atoms with E-state index in [9.17, 15) is 9.59 Å². The monoisotopic (exact) mass is 282 g/mol. The molecule has 1 rings (SSSR count). The van der Waals surface area contributed by atoms with Crippen LogP contribution in [0.25, 0.3) is 0 Å². The molecule has 7 heteroatoms. The second-order valence-electron chi connectivity index (χ2n) is 5.25. The Morgan fingerprint density at radius 1 is 1.40 bits per heavy atom. The number of urea groups is 1. The number of nitrogens with zero attached hydrogens (tertiary/aromatic N) is 3. The number of carbonyl (C=O) groups is 2. The van der Waals surface area contributed by atoms with Gasteiger partial charge in [0.2, 0.25) is 0 Å². The molecule has 0 radical (unpaired) electrons. The molecule has 0 aromatic carbocycles. The standard InChI is InChI=1S/C13H22N4O3/c1-10(2)7-16(9-12(18)19)13(20)15-11(3)8-17-6-4-5-14-17/h4-6,10-11H,7-9H2,1-3H3,(H,15,20)(H,18,19). The van der Waals surface area contributed by atoms with Gasteiger partial charge in [-0.25, -0.2) is 4.79 Å². The second kappa shape index (κ2) is 7.52. The molecule has 0 fully saturated rings. The Labute approximate surface area is 118 Å². The molecule has 1 aromatic heterocycles. The van der Waals surface area contributed by atoms with Gasteiger partial charge in [0, 0.05) is 25.0 Å². The predicted octanol–water partition coefficient (Wildman–Crippen LogP) is 1.02.